The summed E-state index contributed by atoms with van der Waals surface area (Å²) in [7, 11) is 1.67. The molecular weight excluding hydrogens is 232 g/mol. The molecule has 1 amide bonds. The molecule has 2 aromatic rings. The average molecular weight is 246 g/mol. The lowest BCUT2D eigenvalue weighted by molar-refractivity contribution is 0.102. The average Bonchev–Trinajstić information content (AvgIpc) is 2.60. The number of aromatic nitrogens is 2. The molecule has 0 bridgehead atoms. The van der Waals surface area contributed by atoms with E-state index in [0.717, 1.165) is 5.56 Å². The molecule has 0 aliphatic carbocycles. The monoisotopic (exact) mass is 246 g/mol. The Bertz CT molecular complexity index is 585. The summed E-state index contributed by atoms with van der Waals surface area (Å²) in [4.78, 5) is 12.0. The molecular formula is C12H14N4O2. The van der Waals surface area contributed by atoms with E-state index >= 15 is 0 Å². The van der Waals surface area contributed by atoms with Crippen LogP contribution in [0.5, 0.6) is 5.75 Å². The topological polar surface area (TPSA) is 93.2 Å². The van der Waals surface area contributed by atoms with Gasteiger partial charge in [-0.3, -0.25) is 9.48 Å². The van der Waals surface area contributed by atoms with Gasteiger partial charge >= 0.3 is 0 Å². The number of anilines is 2. The smallest absolute Gasteiger partial charge is 0.260 e. The zero-order chi connectivity index (χ0) is 13.3. The number of benzene rings is 1. The maximum absolute atomic E-state index is 12.0. The number of amides is 1. The predicted octanol–water partition coefficient (Wildman–Crippen LogP) is 1.27. The Kier molecular flexibility index (Phi) is 2.93. The highest BCUT2D eigenvalue weighted by Crippen LogP contribution is 2.22. The van der Waals surface area contributed by atoms with Gasteiger partial charge in [-0.2, -0.15) is 5.10 Å². The lowest BCUT2D eigenvalue weighted by Gasteiger charge is -2.08. The third-order valence-electron chi connectivity index (χ3n) is 2.60. The SMILES string of the molecule is Cc1ccc(C(=O)Nc2c(N)cnn2C)c(O)c1. The van der Waals surface area contributed by atoms with Crippen molar-refractivity contribution in [3.05, 3.63) is 35.5 Å². The molecule has 1 aromatic heterocycles. The van der Waals surface area contributed by atoms with Crippen molar-refractivity contribution in [1.82, 2.24) is 9.78 Å². The van der Waals surface area contributed by atoms with E-state index in [0.29, 0.717) is 11.5 Å². The van der Waals surface area contributed by atoms with Crippen LogP contribution in [-0.4, -0.2) is 20.8 Å². The third kappa shape index (κ3) is 2.13. The lowest BCUT2D eigenvalue weighted by Crippen LogP contribution is -2.15. The highest BCUT2D eigenvalue weighted by molar-refractivity contribution is 6.06. The summed E-state index contributed by atoms with van der Waals surface area (Å²) in [6, 6.07) is 4.84. The Morgan fingerprint density at radius 1 is 1.50 bits per heavy atom. The number of phenols is 1. The van der Waals surface area contributed by atoms with E-state index in [-0.39, 0.29) is 11.3 Å². The third-order valence-corrected chi connectivity index (χ3v) is 2.60. The molecule has 94 valence electrons. The molecule has 0 fully saturated rings. The Labute approximate surface area is 104 Å². The van der Waals surface area contributed by atoms with E-state index in [1.807, 2.05) is 6.92 Å². The normalized spacial score (nSPS) is 10.3. The summed E-state index contributed by atoms with van der Waals surface area (Å²) in [6.45, 7) is 1.83. The van der Waals surface area contributed by atoms with E-state index < -0.39 is 5.91 Å². The minimum absolute atomic E-state index is 0.0618. The van der Waals surface area contributed by atoms with Crippen molar-refractivity contribution in [3.8, 4) is 5.75 Å². The summed E-state index contributed by atoms with van der Waals surface area (Å²) in [5, 5.41) is 16.2. The molecule has 1 heterocycles. The van der Waals surface area contributed by atoms with Crippen LogP contribution in [0.1, 0.15) is 15.9 Å². The van der Waals surface area contributed by atoms with Gasteiger partial charge in [-0.1, -0.05) is 6.07 Å². The first-order chi connectivity index (χ1) is 8.49. The number of rotatable bonds is 2. The fourth-order valence-electron chi connectivity index (χ4n) is 1.62. The molecule has 18 heavy (non-hydrogen) atoms. The second kappa shape index (κ2) is 4.40. The van der Waals surface area contributed by atoms with Crippen molar-refractivity contribution in [1.29, 1.82) is 0 Å². The quantitative estimate of drug-likeness (QED) is 0.743. The first-order valence-corrected chi connectivity index (χ1v) is 5.37. The van der Waals surface area contributed by atoms with Crippen molar-refractivity contribution in [2.45, 2.75) is 6.92 Å². The second-order valence-corrected chi connectivity index (χ2v) is 4.05. The molecule has 1 aromatic carbocycles. The first-order valence-electron chi connectivity index (χ1n) is 5.37. The molecule has 4 N–H and O–H groups in total. The van der Waals surface area contributed by atoms with Gasteiger partial charge in [-0.15, -0.1) is 0 Å². The molecule has 0 atom stereocenters. The highest BCUT2D eigenvalue weighted by Gasteiger charge is 2.14. The van der Waals surface area contributed by atoms with Gasteiger partial charge in [0.25, 0.3) is 5.91 Å². The van der Waals surface area contributed by atoms with Crippen LogP contribution in [-0.2, 0) is 7.05 Å². The van der Waals surface area contributed by atoms with Crippen molar-refractivity contribution in [2.75, 3.05) is 11.1 Å². The van der Waals surface area contributed by atoms with Gasteiger partial charge in [0.05, 0.1) is 17.4 Å². The number of hydrogen-bond acceptors (Lipinski definition) is 4. The summed E-state index contributed by atoms with van der Waals surface area (Å²) < 4.78 is 1.46. The predicted molar refractivity (Wildman–Crippen MR) is 68.4 cm³/mol. The van der Waals surface area contributed by atoms with Crippen LogP contribution in [0.4, 0.5) is 11.5 Å². The van der Waals surface area contributed by atoms with Crippen molar-refractivity contribution in [2.24, 2.45) is 7.05 Å². The van der Waals surface area contributed by atoms with Gasteiger partial charge in [0, 0.05) is 7.05 Å². The Balaban J connectivity index is 2.28. The number of nitrogens with zero attached hydrogens (tertiary/aromatic N) is 2. The van der Waals surface area contributed by atoms with Crippen LogP contribution in [0.15, 0.2) is 24.4 Å². The van der Waals surface area contributed by atoms with Gasteiger partial charge < -0.3 is 16.2 Å². The maximum atomic E-state index is 12.0. The van der Waals surface area contributed by atoms with E-state index in [1.54, 1.807) is 19.2 Å². The fraction of sp³-hybridized carbons (Fsp3) is 0.167. The summed E-state index contributed by atoms with van der Waals surface area (Å²) in [5.41, 5.74) is 7.12. The molecule has 0 saturated carbocycles. The van der Waals surface area contributed by atoms with Gasteiger partial charge in [-0.05, 0) is 24.6 Å². The molecule has 6 nitrogen and oxygen atoms in total. The van der Waals surface area contributed by atoms with Crippen LogP contribution < -0.4 is 11.1 Å². The first kappa shape index (κ1) is 12.0. The molecule has 0 spiro atoms. The van der Waals surface area contributed by atoms with E-state index in [2.05, 4.69) is 10.4 Å². The number of nitrogens with one attached hydrogen (secondary N) is 1. The standard InChI is InChI=1S/C12H14N4O2/c1-7-3-4-8(10(17)5-7)12(18)15-11-9(13)6-14-16(11)2/h3-6,17H,13H2,1-2H3,(H,15,18). The zero-order valence-corrected chi connectivity index (χ0v) is 10.1. The zero-order valence-electron chi connectivity index (χ0n) is 10.1. The maximum Gasteiger partial charge on any atom is 0.260 e. The van der Waals surface area contributed by atoms with Crippen molar-refractivity contribution in [3.63, 3.8) is 0 Å². The lowest BCUT2D eigenvalue weighted by atomic mass is 10.1. The van der Waals surface area contributed by atoms with Gasteiger partial charge in [0.15, 0.2) is 5.82 Å². The number of hydrogen-bond donors (Lipinski definition) is 3. The van der Waals surface area contributed by atoms with Crippen LogP contribution in [0.25, 0.3) is 0 Å². The van der Waals surface area contributed by atoms with Crippen LogP contribution >= 0.6 is 0 Å². The van der Waals surface area contributed by atoms with Crippen LogP contribution in [0.2, 0.25) is 0 Å². The Hall–Kier alpha value is -2.50. The van der Waals surface area contributed by atoms with Crippen molar-refractivity contribution < 1.29 is 9.90 Å². The number of nitrogens with two attached hydrogens (primary N) is 1. The number of aromatic hydroxyl groups is 1. The highest BCUT2D eigenvalue weighted by atomic mass is 16.3. The molecule has 6 heteroatoms. The molecule has 0 aliphatic heterocycles. The van der Waals surface area contributed by atoms with E-state index in [4.69, 9.17) is 5.73 Å². The molecule has 0 radical (unpaired) electrons. The summed E-state index contributed by atoms with van der Waals surface area (Å²) >= 11 is 0. The minimum Gasteiger partial charge on any atom is -0.507 e. The number of aryl methyl sites for hydroxylation is 2. The number of nitrogen functional groups attached to an aromatic ring is 1. The number of phenolic OH excluding ortho intramolecular Hbond substituents is 1. The fourth-order valence-corrected chi connectivity index (χ4v) is 1.62. The van der Waals surface area contributed by atoms with Gasteiger partial charge in [0.2, 0.25) is 0 Å². The van der Waals surface area contributed by atoms with E-state index in [1.165, 1.54) is 16.9 Å². The van der Waals surface area contributed by atoms with Crippen LogP contribution in [0.3, 0.4) is 0 Å². The minimum atomic E-state index is -0.428. The van der Waals surface area contributed by atoms with E-state index in [9.17, 15) is 9.90 Å². The van der Waals surface area contributed by atoms with Crippen LogP contribution in [0, 0.1) is 6.92 Å². The molecule has 0 unspecified atom stereocenters. The largest absolute Gasteiger partial charge is 0.507 e. The van der Waals surface area contributed by atoms with Crippen molar-refractivity contribution >= 4 is 17.4 Å². The second-order valence-electron chi connectivity index (χ2n) is 4.05. The Morgan fingerprint density at radius 3 is 2.78 bits per heavy atom. The summed E-state index contributed by atoms with van der Waals surface area (Å²) in [6.07, 6.45) is 1.45. The Morgan fingerprint density at radius 2 is 2.22 bits per heavy atom. The molecule has 0 saturated heterocycles. The summed E-state index contributed by atoms with van der Waals surface area (Å²) in [5.74, 6) is -0.0870. The number of carbonyl (C=O) groups is 1. The van der Waals surface area contributed by atoms with Gasteiger partial charge in [-0.25, -0.2) is 0 Å². The van der Waals surface area contributed by atoms with Gasteiger partial charge in [0.1, 0.15) is 5.75 Å². The molecule has 2 rings (SSSR count). The number of carbonyl (C=O) groups excluding carboxylic acids is 1. The molecule has 0 aliphatic rings.